The van der Waals surface area contributed by atoms with Crippen LogP contribution < -0.4 is 0 Å². The molecule has 0 spiro atoms. The fourth-order valence-corrected chi connectivity index (χ4v) is 1.69. The van der Waals surface area contributed by atoms with Crippen LogP contribution in [-0.2, 0) is 18.3 Å². The van der Waals surface area contributed by atoms with Crippen LogP contribution in [0.5, 0.6) is 0 Å². The molecule has 7 heteroatoms. The molecule has 15 heavy (non-hydrogen) atoms. The van der Waals surface area contributed by atoms with Crippen molar-refractivity contribution in [1.82, 2.24) is 14.8 Å². The average molecular weight is 286 g/mol. The van der Waals surface area contributed by atoms with Gasteiger partial charge in [-0.2, -0.15) is 13.2 Å². The summed E-state index contributed by atoms with van der Waals surface area (Å²) in [5.41, 5.74) is 0. The van der Waals surface area contributed by atoms with E-state index in [4.69, 9.17) is 0 Å². The lowest BCUT2D eigenvalue weighted by atomic mass is 10.3. The number of nitrogens with zero attached hydrogens (tertiary/aromatic N) is 3. The zero-order valence-electron chi connectivity index (χ0n) is 8.18. The van der Waals surface area contributed by atoms with Crippen LogP contribution in [0, 0.1) is 0 Å². The summed E-state index contributed by atoms with van der Waals surface area (Å²) in [4.78, 5) is 0. The van der Waals surface area contributed by atoms with Gasteiger partial charge < -0.3 is 4.57 Å². The second kappa shape index (κ2) is 4.96. The second-order valence-corrected chi connectivity index (χ2v) is 3.59. The quantitative estimate of drug-likeness (QED) is 0.797. The predicted molar refractivity (Wildman–Crippen MR) is 52.7 cm³/mol. The lowest BCUT2D eigenvalue weighted by molar-refractivity contribution is -0.134. The van der Waals surface area contributed by atoms with E-state index in [0.29, 0.717) is 23.5 Å². The first-order valence-electron chi connectivity index (χ1n) is 4.51. The number of alkyl halides is 4. The molecular weight excluding hydrogens is 275 g/mol. The van der Waals surface area contributed by atoms with Crippen LogP contribution >= 0.6 is 15.9 Å². The Morgan fingerprint density at radius 3 is 2.33 bits per heavy atom. The van der Waals surface area contributed by atoms with Gasteiger partial charge >= 0.3 is 6.18 Å². The van der Waals surface area contributed by atoms with Crippen molar-refractivity contribution in [2.75, 3.05) is 0 Å². The van der Waals surface area contributed by atoms with Crippen LogP contribution in [0.15, 0.2) is 0 Å². The van der Waals surface area contributed by atoms with Crippen molar-refractivity contribution in [2.24, 2.45) is 0 Å². The van der Waals surface area contributed by atoms with Crippen LogP contribution in [0.3, 0.4) is 0 Å². The Morgan fingerprint density at radius 1 is 1.27 bits per heavy atom. The Morgan fingerprint density at radius 2 is 1.87 bits per heavy atom. The van der Waals surface area contributed by atoms with Gasteiger partial charge in [-0.25, -0.2) is 0 Å². The first kappa shape index (κ1) is 12.5. The van der Waals surface area contributed by atoms with Crippen molar-refractivity contribution in [3.8, 4) is 0 Å². The third-order valence-electron chi connectivity index (χ3n) is 1.97. The molecule has 1 aromatic heterocycles. The number of rotatable bonds is 4. The zero-order chi connectivity index (χ0) is 11.5. The molecule has 1 rings (SSSR count). The lowest BCUT2D eigenvalue weighted by Gasteiger charge is -2.07. The number of aryl methyl sites for hydroxylation is 1. The van der Waals surface area contributed by atoms with Gasteiger partial charge in [0.15, 0.2) is 0 Å². The second-order valence-electron chi connectivity index (χ2n) is 3.03. The average Bonchev–Trinajstić information content (AvgIpc) is 2.55. The van der Waals surface area contributed by atoms with Gasteiger partial charge in [0.2, 0.25) is 0 Å². The van der Waals surface area contributed by atoms with E-state index in [-0.39, 0.29) is 6.42 Å². The maximum Gasteiger partial charge on any atom is 0.389 e. The van der Waals surface area contributed by atoms with E-state index in [1.54, 1.807) is 4.57 Å². The lowest BCUT2D eigenvalue weighted by Crippen LogP contribution is -2.12. The number of hydrogen-bond acceptors (Lipinski definition) is 2. The molecule has 0 aliphatic heterocycles. The molecule has 0 N–H and O–H groups in total. The highest BCUT2D eigenvalue weighted by molar-refractivity contribution is 9.08. The Balaban J connectivity index is 2.73. The van der Waals surface area contributed by atoms with Crippen LogP contribution in [0.2, 0.25) is 0 Å². The highest BCUT2D eigenvalue weighted by Gasteiger charge is 2.27. The SMILES string of the molecule is CCn1c(CBr)nnc1CCC(F)(F)F. The summed E-state index contributed by atoms with van der Waals surface area (Å²) in [6.45, 7) is 2.44. The minimum atomic E-state index is -4.14. The number of aromatic nitrogens is 3. The Labute approximate surface area is 93.8 Å². The van der Waals surface area contributed by atoms with Crippen LogP contribution in [0.25, 0.3) is 0 Å². The monoisotopic (exact) mass is 285 g/mol. The van der Waals surface area contributed by atoms with Gasteiger partial charge in [-0.05, 0) is 6.92 Å². The van der Waals surface area contributed by atoms with Crippen molar-refractivity contribution in [2.45, 2.75) is 37.8 Å². The van der Waals surface area contributed by atoms with Crippen LogP contribution in [-0.4, -0.2) is 20.9 Å². The molecule has 0 atom stereocenters. The molecular formula is C8H11BrF3N3. The zero-order valence-corrected chi connectivity index (χ0v) is 9.77. The molecule has 3 nitrogen and oxygen atoms in total. The van der Waals surface area contributed by atoms with E-state index in [2.05, 4.69) is 26.1 Å². The van der Waals surface area contributed by atoms with Gasteiger partial charge in [0.25, 0.3) is 0 Å². The molecule has 0 saturated heterocycles. The molecule has 0 amide bonds. The summed E-state index contributed by atoms with van der Waals surface area (Å²) in [6.07, 6.45) is -5.11. The highest BCUT2D eigenvalue weighted by Crippen LogP contribution is 2.21. The van der Waals surface area contributed by atoms with Crippen molar-refractivity contribution >= 4 is 15.9 Å². The molecule has 0 aliphatic rings. The molecule has 0 fully saturated rings. The summed E-state index contributed by atoms with van der Waals surface area (Å²) in [5, 5.41) is 8.05. The first-order chi connectivity index (χ1) is 6.98. The number of hydrogen-bond donors (Lipinski definition) is 0. The van der Waals surface area contributed by atoms with Gasteiger partial charge in [0.05, 0.1) is 11.8 Å². The molecule has 0 unspecified atom stereocenters. The summed E-state index contributed by atoms with van der Waals surface area (Å²) >= 11 is 3.21. The molecule has 0 aliphatic carbocycles. The highest BCUT2D eigenvalue weighted by atomic mass is 79.9. The molecule has 0 radical (unpaired) electrons. The fourth-order valence-electron chi connectivity index (χ4n) is 1.27. The fraction of sp³-hybridized carbons (Fsp3) is 0.750. The van der Waals surface area contributed by atoms with Crippen molar-refractivity contribution in [1.29, 1.82) is 0 Å². The van der Waals surface area contributed by atoms with E-state index in [1.165, 1.54) is 0 Å². The van der Waals surface area contributed by atoms with E-state index in [0.717, 1.165) is 0 Å². The van der Waals surface area contributed by atoms with Crippen molar-refractivity contribution in [3.05, 3.63) is 11.6 Å². The maximum absolute atomic E-state index is 12.0. The normalized spacial score (nSPS) is 12.1. The van der Waals surface area contributed by atoms with Crippen molar-refractivity contribution in [3.63, 3.8) is 0 Å². The molecule has 1 heterocycles. The molecule has 0 bridgehead atoms. The summed E-state index contributed by atoms with van der Waals surface area (Å²) in [5.74, 6) is 1.05. The van der Waals surface area contributed by atoms with Gasteiger partial charge in [0.1, 0.15) is 11.6 Å². The summed E-state index contributed by atoms with van der Waals surface area (Å²) in [7, 11) is 0. The smallest absolute Gasteiger partial charge is 0.315 e. The largest absolute Gasteiger partial charge is 0.389 e. The first-order valence-corrected chi connectivity index (χ1v) is 5.63. The van der Waals surface area contributed by atoms with E-state index < -0.39 is 12.6 Å². The van der Waals surface area contributed by atoms with E-state index in [9.17, 15) is 13.2 Å². The maximum atomic E-state index is 12.0. The predicted octanol–water partition coefficient (Wildman–Crippen LogP) is 2.69. The molecule has 0 aromatic carbocycles. The van der Waals surface area contributed by atoms with Gasteiger partial charge in [-0.3, -0.25) is 0 Å². The van der Waals surface area contributed by atoms with Gasteiger partial charge in [0, 0.05) is 13.0 Å². The summed E-state index contributed by atoms with van der Waals surface area (Å²) in [6, 6.07) is 0. The molecule has 0 saturated carbocycles. The van der Waals surface area contributed by atoms with E-state index >= 15 is 0 Å². The Bertz CT molecular complexity index is 321. The van der Waals surface area contributed by atoms with Crippen molar-refractivity contribution < 1.29 is 13.2 Å². The third kappa shape index (κ3) is 3.48. The number of halogens is 4. The molecule has 86 valence electrons. The van der Waals surface area contributed by atoms with Crippen LogP contribution in [0.4, 0.5) is 13.2 Å². The molecule has 1 aromatic rings. The minimum absolute atomic E-state index is 0.114. The third-order valence-corrected chi connectivity index (χ3v) is 2.47. The van der Waals surface area contributed by atoms with Gasteiger partial charge in [-0.1, -0.05) is 15.9 Å². The van der Waals surface area contributed by atoms with Gasteiger partial charge in [-0.15, -0.1) is 10.2 Å². The summed E-state index contributed by atoms with van der Waals surface area (Å²) < 4.78 is 37.7. The topological polar surface area (TPSA) is 30.7 Å². The Hall–Kier alpha value is -0.590. The van der Waals surface area contributed by atoms with Crippen LogP contribution in [0.1, 0.15) is 25.0 Å². The Kier molecular flexibility index (Phi) is 4.12. The standard InChI is InChI=1S/C8H11BrF3N3/c1-2-15-6(3-4-8(10,11)12)13-14-7(15)5-9/h2-5H2,1H3. The minimum Gasteiger partial charge on any atom is -0.315 e. The van der Waals surface area contributed by atoms with E-state index in [1.807, 2.05) is 6.92 Å².